The molecule has 0 aliphatic carbocycles. The Kier molecular flexibility index (Phi) is 4.74. The monoisotopic (exact) mass is 278 g/mol. The second kappa shape index (κ2) is 6.52. The van der Waals surface area contributed by atoms with Crippen LogP contribution in [0.5, 0.6) is 0 Å². The maximum absolute atomic E-state index is 11.3. The number of carbonyl (C=O) groups is 1. The molecule has 102 valence electrons. The smallest absolute Gasteiger partial charge is 0.306 e. The van der Waals surface area contributed by atoms with Crippen molar-refractivity contribution in [1.29, 1.82) is 0 Å². The minimum absolute atomic E-state index is 0.138. The zero-order valence-corrected chi connectivity index (χ0v) is 12.0. The third-order valence-corrected chi connectivity index (χ3v) is 3.71. The van der Waals surface area contributed by atoms with Crippen molar-refractivity contribution in [3.8, 4) is 0 Å². The van der Waals surface area contributed by atoms with Crippen LogP contribution in [0.3, 0.4) is 0 Å². The molecule has 1 aromatic carbocycles. The SMILES string of the molecule is CCOC(=O)CC(C)CNc1nc2ccccc2s1. The fourth-order valence-electron chi connectivity index (χ4n) is 1.79. The Morgan fingerprint density at radius 2 is 2.26 bits per heavy atom. The number of hydrogen-bond acceptors (Lipinski definition) is 5. The maximum atomic E-state index is 11.3. The Labute approximate surface area is 116 Å². The molecule has 1 heterocycles. The molecule has 1 N–H and O–H groups in total. The van der Waals surface area contributed by atoms with Gasteiger partial charge in [0.05, 0.1) is 16.8 Å². The van der Waals surface area contributed by atoms with Crippen molar-refractivity contribution in [2.45, 2.75) is 20.3 Å². The standard InChI is InChI=1S/C14H18N2O2S/c1-3-18-13(17)8-10(2)9-15-14-16-11-6-4-5-7-12(11)19-14/h4-7,10H,3,8-9H2,1-2H3,(H,15,16). The number of aromatic nitrogens is 1. The number of hydrogen-bond donors (Lipinski definition) is 1. The van der Waals surface area contributed by atoms with Gasteiger partial charge in [-0.05, 0) is 25.0 Å². The van der Waals surface area contributed by atoms with Crippen LogP contribution >= 0.6 is 11.3 Å². The van der Waals surface area contributed by atoms with Gasteiger partial charge < -0.3 is 10.1 Å². The van der Waals surface area contributed by atoms with Gasteiger partial charge >= 0.3 is 5.97 Å². The lowest BCUT2D eigenvalue weighted by molar-refractivity contribution is -0.143. The van der Waals surface area contributed by atoms with Gasteiger partial charge in [0.2, 0.25) is 0 Å². The van der Waals surface area contributed by atoms with Gasteiger partial charge in [-0.3, -0.25) is 4.79 Å². The highest BCUT2D eigenvalue weighted by Crippen LogP contribution is 2.25. The van der Waals surface area contributed by atoms with E-state index in [2.05, 4.69) is 16.4 Å². The summed E-state index contributed by atoms with van der Waals surface area (Å²) in [6.07, 6.45) is 0.436. The number of rotatable bonds is 6. The zero-order chi connectivity index (χ0) is 13.7. The molecule has 0 saturated heterocycles. The first-order chi connectivity index (χ1) is 9.19. The van der Waals surface area contributed by atoms with E-state index >= 15 is 0 Å². The van der Waals surface area contributed by atoms with Gasteiger partial charge in [-0.1, -0.05) is 30.4 Å². The number of thiazole rings is 1. The van der Waals surface area contributed by atoms with Gasteiger partial charge in [0.15, 0.2) is 5.13 Å². The van der Waals surface area contributed by atoms with Crippen LogP contribution in [-0.2, 0) is 9.53 Å². The average Bonchev–Trinajstić information content (AvgIpc) is 2.79. The van der Waals surface area contributed by atoms with E-state index in [4.69, 9.17) is 4.74 Å². The molecule has 0 spiro atoms. The molecule has 0 fully saturated rings. The first kappa shape index (κ1) is 13.8. The van der Waals surface area contributed by atoms with Crippen molar-refractivity contribution in [1.82, 2.24) is 4.98 Å². The number of para-hydroxylation sites is 1. The molecular weight excluding hydrogens is 260 g/mol. The molecular formula is C14H18N2O2S. The highest BCUT2D eigenvalue weighted by molar-refractivity contribution is 7.22. The molecule has 2 rings (SSSR count). The van der Waals surface area contributed by atoms with Crippen LogP contribution in [0.25, 0.3) is 10.2 Å². The summed E-state index contributed by atoms with van der Waals surface area (Å²) < 4.78 is 6.10. The zero-order valence-electron chi connectivity index (χ0n) is 11.2. The van der Waals surface area contributed by atoms with Gasteiger partial charge in [-0.2, -0.15) is 0 Å². The van der Waals surface area contributed by atoms with Crippen molar-refractivity contribution in [3.05, 3.63) is 24.3 Å². The molecule has 1 atom stereocenters. The van der Waals surface area contributed by atoms with Gasteiger partial charge in [-0.15, -0.1) is 0 Å². The summed E-state index contributed by atoms with van der Waals surface area (Å²) in [6.45, 7) is 5.01. The quantitative estimate of drug-likeness (QED) is 0.824. The van der Waals surface area contributed by atoms with Crippen LogP contribution in [0.4, 0.5) is 5.13 Å². The van der Waals surface area contributed by atoms with Crippen molar-refractivity contribution in [3.63, 3.8) is 0 Å². The molecule has 0 radical (unpaired) electrons. The second-order valence-electron chi connectivity index (χ2n) is 4.48. The number of anilines is 1. The highest BCUT2D eigenvalue weighted by atomic mass is 32.1. The molecule has 0 saturated carbocycles. The minimum atomic E-state index is -0.138. The Balaban J connectivity index is 1.86. The molecule has 0 bridgehead atoms. The Hall–Kier alpha value is -1.62. The van der Waals surface area contributed by atoms with Crippen LogP contribution in [0.2, 0.25) is 0 Å². The van der Waals surface area contributed by atoms with Gasteiger partial charge in [0.1, 0.15) is 0 Å². The van der Waals surface area contributed by atoms with E-state index in [1.807, 2.05) is 32.0 Å². The number of esters is 1. The van der Waals surface area contributed by atoms with Crippen LogP contribution < -0.4 is 5.32 Å². The van der Waals surface area contributed by atoms with E-state index in [1.54, 1.807) is 11.3 Å². The van der Waals surface area contributed by atoms with Gasteiger partial charge in [0, 0.05) is 13.0 Å². The molecule has 0 aliphatic heterocycles. The molecule has 0 amide bonds. The van der Waals surface area contributed by atoms with E-state index in [0.717, 1.165) is 17.2 Å². The first-order valence-electron chi connectivity index (χ1n) is 6.44. The predicted molar refractivity (Wildman–Crippen MR) is 78.5 cm³/mol. The number of nitrogens with one attached hydrogen (secondary N) is 1. The third-order valence-electron chi connectivity index (χ3n) is 2.72. The van der Waals surface area contributed by atoms with Gasteiger partial charge in [-0.25, -0.2) is 4.98 Å². The lowest BCUT2D eigenvalue weighted by atomic mass is 10.1. The summed E-state index contributed by atoms with van der Waals surface area (Å²) in [5, 5.41) is 4.18. The van der Waals surface area contributed by atoms with E-state index in [9.17, 15) is 4.79 Å². The van der Waals surface area contributed by atoms with E-state index in [0.29, 0.717) is 13.0 Å². The molecule has 0 aliphatic rings. The van der Waals surface area contributed by atoms with Crippen LogP contribution in [0.15, 0.2) is 24.3 Å². The predicted octanol–water partition coefficient (Wildman–Crippen LogP) is 3.30. The summed E-state index contributed by atoms with van der Waals surface area (Å²) in [5.74, 6) is 0.0900. The maximum Gasteiger partial charge on any atom is 0.306 e. The molecule has 19 heavy (non-hydrogen) atoms. The summed E-state index contributed by atoms with van der Waals surface area (Å²) >= 11 is 1.63. The highest BCUT2D eigenvalue weighted by Gasteiger charge is 2.10. The Bertz CT molecular complexity index is 520. The summed E-state index contributed by atoms with van der Waals surface area (Å²) in [7, 11) is 0. The Morgan fingerprint density at radius 3 is 3.00 bits per heavy atom. The van der Waals surface area contributed by atoms with Crippen LogP contribution in [0, 0.1) is 5.92 Å². The summed E-state index contributed by atoms with van der Waals surface area (Å²) in [5.41, 5.74) is 1.01. The third kappa shape index (κ3) is 3.92. The second-order valence-corrected chi connectivity index (χ2v) is 5.51. The molecule has 1 unspecified atom stereocenters. The largest absolute Gasteiger partial charge is 0.466 e. The average molecular weight is 278 g/mol. The number of carbonyl (C=O) groups excluding carboxylic acids is 1. The van der Waals surface area contributed by atoms with E-state index in [1.165, 1.54) is 4.70 Å². The lowest BCUT2D eigenvalue weighted by Gasteiger charge is -2.10. The van der Waals surface area contributed by atoms with Crippen molar-refractivity contribution in [2.24, 2.45) is 5.92 Å². The molecule has 1 aromatic heterocycles. The molecule has 4 nitrogen and oxygen atoms in total. The molecule has 2 aromatic rings. The van der Waals surface area contributed by atoms with Crippen LogP contribution in [-0.4, -0.2) is 24.1 Å². The van der Waals surface area contributed by atoms with E-state index in [-0.39, 0.29) is 11.9 Å². The van der Waals surface area contributed by atoms with E-state index < -0.39 is 0 Å². The van der Waals surface area contributed by atoms with Crippen molar-refractivity contribution < 1.29 is 9.53 Å². The summed E-state index contributed by atoms with van der Waals surface area (Å²) in [6, 6.07) is 8.04. The fraction of sp³-hybridized carbons (Fsp3) is 0.429. The normalized spacial score (nSPS) is 12.3. The number of benzene rings is 1. The fourth-order valence-corrected chi connectivity index (χ4v) is 2.66. The van der Waals surface area contributed by atoms with Crippen molar-refractivity contribution in [2.75, 3.05) is 18.5 Å². The number of fused-ring (bicyclic) bond motifs is 1. The van der Waals surface area contributed by atoms with Gasteiger partial charge in [0.25, 0.3) is 0 Å². The summed E-state index contributed by atoms with van der Waals surface area (Å²) in [4.78, 5) is 15.8. The first-order valence-corrected chi connectivity index (χ1v) is 7.25. The Morgan fingerprint density at radius 1 is 1.47 bits per heavy atom. The topological polar surface area (TPSA) is 51.2 Å². The van der Waals surface area contributed by atoms with Crippen molar-refractivity contribution >= 4 is 32.7 Å². The number of ether oxygens (including phenoxy) is 1. The molecule has 5 heteroatoms. The minimum Gasteiger partial charge on any atom is -0.466 e. The number of nitrogens with zero attached hydrogens (tertiary/aromatic N) is 1. The lowest BCUT2D eigenvalue weighted by Crippen LogP contribution is -2.16. The van der Waals surface area contributed by atoms with Crippen LogP contribution in [0.1, 0.15) is 20.3 Å².